The average molecular weight is 255 g/mol. The van der Waals surface area contributed by atoms with Crippen LogP contribution in [0.25, 0.3) is 0 Å². The van der Waals surface area contributed by atoms with Crippen LogP contribution in [0.5, 0.6) is 0 Å². The van der Waals surface area contributed by atoms with Crippen molar-refractivity contribution in [2.45, 2.75) is 44.4 Å². The van der Waals surface area contributed by atoms with Crippen molar-refractivity contribution in [1.82, 2.24) is 4.90 Å². The van der Waals surface area contributed by atoms with E-state index in [1.54, 1.807) is 11.1 Å². The van der Waals surface area contributed by atoms with E-state index < -0.39 is 0 Å². The highest BCUT2D eigenvalue weighted by Gasteiger charge is 2.21. The molecule has 102 valence electrons. The first kappa shape index (κ1) is 12.9. The zero-order chi connectivity index (χ0) is 12.9. The van der Waals surface area contributed by atoms with Gasteiger partial charge in [-0.15, -0.1) is 0 Å². The second-order valence-corrected chi connectivity index (χ2v) is 5.99. The van der Waals surface area contributed by atoms with Crippen LogP contribution >= 0.6 is 0 Å². The van der Waals surface area contributed by atoms with Gasteiger partial charge in [0.1, 0.15) is 0 Å². The Bertz CT molecular complexity index is 435. The van der Waals surface area contributed by atoms with Crippen molar-refractivity contribution in [3.63, 3.8) is 0 Å². The van der Waals surface area contributed by atoms with Gasteiger partial charge in [0.15, 0.2) is 0 Å². The molecule has 1 heterocycles. The average Bonchev–Trinajstić information content (AvgIpc) is 2.88. The summed E-state index contributed by atoms with van der Waals surface area (Å²) in [6.07, 6.45) is 12.7. The molecule has 1 aromatic carbocycles. The number of unbranched alkanes of at least 4 members (excludes halogenated alkanes) is 1. The van der Waals surface area contributed by atoms with E-state index in [1.807, 2.05) is 0 Å². The van der Waals surface area contributed by atoms with Crippen molar-refractivity contribution >= 4 is 0 Å². The SMILES string of the molecule is C1=CCN(CCCCC2CCc3ccccc32)CC1. The molecule has 0 bridgehead atoms. The highest BCUT2D eigenvalue weighted by Crippen LogP contribution is 2.36. The first-order valence-corrected chi connectivity index (χ1v) is 7.88. The third kappa shape index (κ3) is 3.27. The molecule has 0 saturated heterocycles. The molecule has 0 aromatic heterocycles. The number of hydrogen-bond acceptors (Lipinski definition) is 1. The summed E-state index contributed by atoms with van der Waals surface area (Å²) in [5, 5.41) is 0. The van der Waals surface area contributed by atoms with Crippen molar-refractivity contribution in [3.8, 4) is 0 Å². The summed E-state index contributed by atoms with van der Waals surface area (Å²) in [6, 6.07) is 9.06. The lowest BCUT2D eigenvalue weighted by Crippen LogP contribution is -2.28. The first-order chi connectivity index (χ1) is 9.43. The van der Waals surface area contributed by atoms with E-state index in [4.69, 9.17) is 0 Å². The quantitative estimate of drug-likeness (QED) is 0.564. The van der Waals surface area contributed by atoms with E-state index in [1.165, 1.54) is 58.2 Å². The van der Waals surface area contributed by atoms with Crippen molar-refractivity contribution < 1.29 is 0 Å². The van der Waals surface area contributed by atoms with Crippen LogP contribution in [0.4, 0.5) is 0 Å². The Morgan fingerprint density at radius 3 is 2.95 bits per heavy atom. The van der Waals surface area contributed by atoms with E-state index in [0.29, 0.717) is 0 Å². The molecule has 0 fully saturated rings. The molecule has 1 nitrogen and oxygen atoms in total. The Morgan fingerprint density at radius 1 is 1.11 bits per heavy atom. The highest BCUT2D eigenvalue weighted by atomic mass is 15.1. The Kier molecular flexibility index (Phi) is 4.34. The first-order valence-electron chi connectivity index (χ1n) is 7.88. The molecule has 1 atom stereocenters. The van der Waals surface area contributed by atoms with Gasteiger partial charge in [-0.3, -0.25) is 4.90 Å². The van der Waals surface area contributed by atoms with Crippen LogP contribution < -0.4 is 0 Å². The fourth-order valence-electron chi connectivity index (χ4n) is 3.56. The minimum atomic E-state index is 0.845. The minimum Gasteiger partial charge on any atom is -0.299 e. The van der Waals surface area contributed by atoms with Gasteiger partial charge in [0, 0.05) is 13.1 Å². The van der Waals surface area contributed by atoms with Crippen LogP contribution in [0.3, 0.4) is 0 Å². The summed E-state index contributed by atoms with van der Waals surface area (Å²) >= 11 is 0. The monoisotopic (exact) mass is 255 g/mol. The zero-order valence-electron chi connectivity index (χ0n) is 11.9. The summed E-state index contributed by atoms with van der Waals surface area (Å²) in [6.45, 7) is 3.73. The smallest absolute Gasteiger partial charge is 0.0163 e. The van der Waals surface area contributed by atoms with Crippen molar-refractivity contribution in [1.29, 1.82) is 0 Å². The summed E-state index contributed by atoms with van der Waals surface area (Å²) in [7, 11) is 0. The second kappa shape index (κ2) is 6.38. The molecule has 19 heavy (non-hydrogen) atoms. The molecule has 1 unspecified atom stereocenters. The molecule has 3 rings (SSSR count). The fraction of sp³-hybridized carbons (Fsp3) is 0.556. The van der Waals surface area contributed by atoms with Gasteiger partial charge in [0.05, 0.1) is 0 Å². The molecule has 0 amide bonds. The molecule has 1 heteroatoms. The Labute approximate surface area is 117 Å². The maximum atomic E-state index is 2.59. The lowest BCUT2D eigenvalue weighted by molar-refractivity contribution is 0.289. The van der Waals surface area contributed by atoms with Crippen molar-refractivity contribution in [2.24, 2.45) is 0 Å². The number of hydrogen-bond donors (Lipinski definition) is 0. The molecule has 0 saturated carbocycles. The normalized spacial score (nSPS) is 22.6. The Hall–Kier alpha value is -1.08. The molecule has 0 N–H and O–H groups in total. The summed E-state index contributed by atoms with van der Waals surface area (Å²) in [5.74, 6) is 0.845. The Morgan fingerprint density at radius 2 is 2.05 bits per heavy atom. The zero-order valence-corrected chi connectivity index (χ0v) is 11.9. The van der Waals surface area contributed by atoms with Gasteiger partial charge in [-0.25, -0.2) is 0 Å². The summed E-state index contributed by atoms with van der Waals surface area (Å²) in [4.78, 5) is 2.59. The van der Waals surface area contributed by atoms with E-state index in [9.17, 15) is 0 Å². The maximum absolute atomic E-state index is 2.59. The second-order valence-electron chi connectivity index (χ2n) is 5.99. The standard InChI is InChI=1S/C18H25N/c1-5-13-19(14-6-1)15-7-4-9-17-12-11-16-8-2-3-10-18(16)17/h1-3,5,8,10,17H,4,6-7,9,11-15H2. The summed E-state index contributed by atoms with van der Waals surface area (Å²) < 4.78 is 0. The lowest BCUT2D eigenvalue weighted by Gasteiger charge is -2.23. The number of rotatable bonds is 5. The maximum Gasteiger partial charge on any atom is 0.0163 e. The molecular formula is C18H25N. The van der Waals surface area contributed by atoms with E-state index >= 15 is 0 Å². The third-order valence-corrected chi connectivity index (χ3v) is 4.68. The van der Waals surface area contributed by atoms with Crippen LogP contribution in [-0.2, 0) is 6.42 Å². The Balaban J connectivity index is 1.40. The molecule has 0 radical (unpaired) electrons. The number of benzene rings is 1. The van der Waals surface area contributed by atoms with Crippen LogP contribution in [0.2, 0.25) is 0 Å². The predicted octanol–water partition coefficient (Wildman–Crippen LogP) is 4.15. The molecular weight excluding hydrogens is 230 g/mol. The topological polar surface area (TPSA) is 3.24 Å². The van der Waals surface area contributed by atoms with E-state index in [2.05, 4.69) is 41.3 Å². The van der Waals surface area contributed by atoms with Gasteiger partial charge < -0.3 is 0 Å². The van der Waals surface area contributed by atoms with Crippen LogP contribution in [0.15, 0.2) is 36.4 Å². The minimum absolute atomic E-state index is 0.845. The number of nitrogens with zero attached hydrogens (tertiary/aromatic N) is 1. The predicted molar refractivity (Wildman–Crippen MR) is 81.6 cm³/mol. The fourth-order valence-corrected chi connectivity index (χ4v) is 3.56. The third-order valence-electron chi connectivity index (χ3n) is 4.68. The van der Waals surface area contributed by atoms with Crippen molar-refractivity contribution in [2.75, 3.05) is 19.6 Å². The van der Waals surface area contributed by atoms with Crippen molar-refractivity contribution in [3.05, 3.63) is 47.5 Å². The van der Waals surface area contributed by atoms with E-state index in [0.717, 1.165) is 5.92 Å². The summed E-state index contributed by atoms with van der Waals surface area (Å²) in [5.41, 5.74) is 3.25. The molecule has 1 aromatic rings. The van der Waals surface area contributed by atoms with Crippen LogP contribution in [0.1, 0.15) is 49.1 Å². The van der Waals surface area contributed by atoms with Gasteiger partial charge in [0.25, 0.3) is 0 Å². The van der Waals surface area contributed by atoms with Gasteiger partial charge in [-0.1, -0.05) is 42.8 Å². The molecule has 1 aliphatic heterocycles. The van der Waals surface area contributed by atoms with Gasteiger partial charge >= 0.3 is 0 Å². The number of fused-ring (bicyclic) bond motifs is 1. The molecule has 1 aliphatic carbocycles. The highest BCUT2D eigenvalue weighted by molar-refractivity contribution is 5.34. The lowest BCUT2D eigenvalue weighted by atomic mass is 9.95. The van der Waals surface area contributed by atoms with E-state index in [-0.39, 0.29) is 0 Å². The molecule has 0 spiro atoms. The van der Waals surface area contributed by atoms with Crippen LogP contribution in [-0.4, -0.2) is 24.5 Å². The largest absolute Gasteiger partial charge is 0.299 e. The van der Waals surface area contributed by atoms with Gasteiger partial charge in [0.2, 0.25) is 0 Å². The number of aryl methyl sites for hydroxylation is 1. The molecule has 2 aliphatic rings. The van der Waals surface area contributed by atoms with Gasteiger partial charge in [-0.05, 0) is 55.7 Å². The van der Waals surface area contributed by atoms with Crippen LogP contribution in [0, 0.1) is 0 Å². The van der Waals surface area contributed by atoms with Gasteiger partial charge in [-0.2, -0.15) is 0 Å².